The molecular formula is C16H14FN3O2S. The fourth-order valence-corrected chi connectivity index (χ4v) is 2.75. The molecule has 118 valence electrons. The molecule has 7 heteroatoms. The van der Waals surface area contributed by atoms with Crippen molar-refractivity contribution in [3.8, 4) is 11.4 Å². The van der Waals surface area contributed by atoms with E-state index in [0.29, 0.717) is 30.8 Å². The maximum Gasteiger partial charge on any atom is 0.228 e. The van der Waals surface area contributed by atoms with Gasteiger partial charge in [0, 0.05) is 17.8 Å². The zero-order chi connectivity index (χ0) is 16.1. The number of carbonyl (C=O) groups excluding carboxylic acids is 1. The molecule has 3 aromatic rings. The fraction of sp³-hybridized carbons (Fsp3) is 0.188. The van der Waals surface area contributed by atoms with Gasteiger partial charge in [-0.05, 0) is 23.6 Å². The number of halogens is 1. The number of rotatable bonds is 6. The standard InChI is InChI=1S/C16H14FN3O2S/c17-13-6-2-1-5-12(13)16-19-15(22-20-16)7-8-18-14(21)10-11-4-3-9-23-11/h1-6,9H,7-8,10H2,(H,18,21). The van der Waals surface area contributed by atoms with Crippen molar-refractivity contribution < 1.29 is 13.7 Å². The van der Waals surface area contributed by atoms with Crippen LogP contribution in [-0.2, 0) is 17.6 Å². The highest BCUT2D eigenvalue weighted by molar-refractivity contribution is 7.10. The van der Waals surface area contributed by atoms with Crippen LogP contribution >= 0.6 is 11.3 Å². The first-order valence-corrected chi connectivity index (χ1v) is 7.97. The molecule has 1 amide bonds. The van der Waals surface area contributed by atoms with Crippen molar-refractivity contribution in [2.24, 2.45) is 0 Å². The Hall–Kier alpha value is -2.54. The maximum absolute atomic E-state index is 13.6. The summed E-state index contributed by atoms with van der Waals surface area (Å²) in [5.41, 5.74) is 0.296. The number of amides is 1. The van der Waals surface area contributed by atoms with Crippen molar-refractivity contribution in [1.82, 2.24) is 15.5 Å². The molecule has 0 unspecified atom stereocenters. The highest BCUT2D eigenvalue weighted by Gasteiger charge is 2.12. The number of carbonyl (C=O) groups is 1. The summed E-state index contributed by atoms with van der Waals surface area (Å²) in [7, 11) is 0. The van der Waals surface area contributed by atoms with E-state index in [1.807, 2.05) is 17.5 Å². The quantitative estimate of drug-likeness (QED) is 0.754. The monoisotopic (exact) mass is 331 g/mol. The summed E-state index contributed by atoms with van der Waals surface area (Å²) in [6, 6.07) is 10.1. The third kappa shape index (κ3) is 4.01. The average molecular weight is 331 g/mol. The lowest BCUT2D eigenvalue weighted by molar-refractivity contribution is -0.120. The number of nitrogens with zero attached hydrogens (tertiary/aromatic N) is 2. The highest BCUT2D eigenvalue weighted by Crippen LogP contribution is 2.19. The molecule has 1 aromatic carbocycles. The molecule has 0 fully saturated rings. The number of thiophene rings is 1. The minimum absolute atomic E-state index is 0.0544. The van der Waals surface area contributed by atoms with Crippen LogP contribution in [0.15, 0.2) is 46.3 Å². The third-order valence-electron chi connectivity index (χ3n) is 3.16. The Balaban J connectivity index is 1.52. The first-order chi connectivity index (χ1) is 11.2. The van der Waals surface area contributed by atoms with Crippen LogP contribution in [0, 0.1) is 5.82 Å². The number of benzene rings is 1. The Bertz CT molecular complexity index is 786. The molecule has 2 aromatic heterocycles. The Kier molecular flexibility index (Phi) is 4.77. The van der Waals surface area contributed by atoms with Crippen molar-refractivity contribution in [2.45, 2.75) is 12.8 Å². The molecule has 0 spiro atoms. The molecule has 0 aliphatic carbocycles. The fourth-order valence-electron chi connectivity index (χ4n) is 2.05. The van der Waals surface area contributed by atoms with Gasteiger partial charge < -0.3 is 9.84 Å². The van der Waals surface area contributed by atoms with E-state index in [-0.39, 0.29) is 11.7 Å². The van der Waals surface area contributed by atoms with Gasteiger partial charge in [-0.1, -0.05) is 23.4 Å². The number of nitrogens with one attached hydrogen (secondary N) is 1. The summed E-state index contributed by atoms with van der Waals surface area (Å²) in [4.78, 5) is 16.9. The van der Waals surface area contributed by atoms with Gasteiger partial charge in [-0.25, -0.2) is 4.39 Å². The predicted octanol–water partition coefficient (Wildman–Crippen LogP) is 2.84. The van der Waals surface area contributed by atoms with E-state index in [1.165, 1.54) is 6.07 Å². The molecule has 0 bridgehead atoms. The zero-order valence-corrected chi connectivity index (χ0v) is 13.0. The Labute approximate surface area is 136 Å². The normalized spacial score (nSPS) is 10.7. The van der Waals surface area contributed by atoms with Crippen molar-refractivity contribution in [2.75, 3.05) is 6.54 Å². The molecule has 1 N–H and O–H groups in total. The lowest BCUT2D eigenvalue weighted by Crippen LogP contribution is -2.27. The molecule has 2 heterocycles. The Morgan fingerprint density at radius 1 is 1.26 bits per heavy atom. The van der Waals surface area contributed by atoms with Crippen LogP contribution in [-0.4, -0.2) is 22.6 Å². The second-order valence-corrected chi connectivity index (χ2v) is 5.88. The summed E-state index contributed by atoms with van der Waals surface area (Å²) < 4.78 is 18.7. The van der Waals surface area contributed by atoms with Crippen LogP contribution in [0.1, 0.15) is 10.8 Å². The van der Waals surface area contributed by atoms with Gasteiger partial charge in [0.15, 0.2) is 0 Å². The van der Waals surface area contributed by atoms with Crippen LogP contribution in [0.2, 0.25) is 0 Å². The van der Waals surface area contributed by atoms with Crippen LogP contribution in [0.3, 0.4) is 0 Å². The Morgan fingerprint density at radius 3 is 2.91 bits per heavy atom. The summed E-state index contributed by atoms with van der Waals surface area (Å²) >= 11 is 1.55. The molecule has 0 atom stereocenters. The van der Waals surface area contributed by atoms with Crippen molar-refractivity contribution in [3.05, 3.63) is 58.4 Å². The minimum Gasteiger partial charge on any atom is -0.355 e. The molecule has 5 nitrogen and oxygen atoms in total. The van der Waals surface area contributed by atoms with Gasteiger partial charge >= 0.3 is 0 Å². The van der Waals surface area contributed by atoms with Gasteiger partial charge in [0.25, 0.3) is 0 Å². The van der Waals surface area contributed by atoms with Crippen LogP contribution < -0.4 is 5.32 Å². The van der Waals surface area contributed by atoms with Gasteiger partial charge in [0.2, 0.25) is 17.6 Å². The molecule has 0 saturated carbocycles. The van der Waals surface area contributed by atoms with Crippen LogP contribution in [0.4, 0.5) is 4.39 Å². The largest absolute Gasteiger partial charge is 0.355 e. The predicted molar refractivity (Wildman–Crippen MR) is 84.4 cm³/mol. The first kappa shape index (κ1) is 15.4. The second kappa shape index (κ2) is 7.15. The first-order valence-electron chi connectivity index (χ1n) is 7.09. The van der Waals surface area contributed by atoms with E-state index in [0.717, 1.165) is 4.88 Å². The maximum atomic E-state index is 13.6. The van der Waals surface area contributed by atoms with Crippen LogP contribution in [0.25, 0.3) is 11.4 Å². The topological polar surface area (TPSA) is 68.0 Å². The van der Waals surface area contributed by atoms with Crippen molar-refractivity contribution >= 4 is 17.2 Å². The van der Waals surface area contributed by atoms with E-state index in [4.69, 9.17) is 4.52 Å². The molecule has 0 radical (unpaired) electrons. The minimum atomic E-state index is -0.399. The Morgan fingerprint density at radius 2 is 2.13 bits per heavy atom. The smallest absolute Gasteiger partial charge is 0.228 e. The molecule has 0 aliphatic heterocycles. The van der Waals surface area contributed by atoms with Crippen molar-refractivity contribution in [3.63, 3.8) is 0 Å². The molecule has 23 heavy (non-hydrogen) atoms. The van der Waals surface area contributed by atoms with E-state index >= 15 is 0 Å². The number of hydrogen-bond donors (Lipinski definition) is 1. The van der Waals surface area contributed by atoms with E-state index in [9.17, 15) is 9.18 Å². The van der Waals surface area contributed by atoms with Gasteiger partial charge in [-0.2, -0.15) is 4.98 Å². The van der Waals surface area contributed by atoms with Crippen LogP contribution in [0.5, 0.6) is 0 Å². The van der Waals surface area contributed by atoms with Gasteiger partial charge in [-0.15, -0.1) is 11.3 Å². The summed E-state index contributed by atoms with van der Waals surface area (Å²) in [6.07, 6.45) is 0.764. The third-order valence-corrected chi connectivity index (χ3v) is 4.04. The lowest BCUT2D eigenvalue weighted by Gasteiger charge is -2.01. The molecular weight excluding hydrogens is 317 g/mol. The van der Waals surface area contributed by atoms with E-state index in [1.54, 1.807) is 29.5 Å². The SMILES string of the molecule is O=C(Cc1cccs1)NCCc1nc(-c2ccccc2F)no1. The average Bonchev–Trinajstić information content (AvgIpc) is 3.20. The molecule has 0 saturated heterocycles. The second-order valence-electron chi connectivity index (χ2n) is 4.85. The number of aromatic nitrogens is 2. The van der Waals surface area contributed by atoms with Gasteiger partial charge in [-0.3, -0.25) is 4.79 Å². The summed E-state index contributed by atoms with van der Waals surface area (Å²) in [5.74, 6) is 0.119. The number of hydrogen-bond acceptors (Lipinski definition) is 5. The zero-order valence-electron chi connectivity index (χ0n) is 12.2. The summed E-state index contributed by atoms with van der Waals surface area (Å²) in [5, 5.41) is 8.50. The van der Waals surface area contributed by atoms with Gasteiger partial charge in [0.05, 0.1) is 12.0 Å². The van der Waals surface area contributed by atoms with E-state index < -0.39 is 5.82 Å². The molecule has 3 rings (SSSR count). The lowest BCUT2D eigenvalue weighted by atomic mass is 10.2. The van der Waals surface area contributed by atoms with Gasteiger partial charge in [0.1, 0.15) is 5.82 Å². The molecule has 0 aliphatic rings. The van der Waals surface area contributed by atoms with E-state index in [2.05, 4.69) is 15.5 Å². The van der Waals surface area contributed by atoms with Crippen molar-refractivity contribution in [1.29, 1.82) is 0 Å². The summed E-state index contributed by atoms with van der Waals surface area (Å²) in [6.45, 7) is 0.392. The highest BCUT2D eigenvalue weighted by atomic mass is 32.1.